The van der Waals surface area contributed by atoms with E-state index >= 15 is 0 Å². The minimum Gasteiger partial charge on any atom is -0.456 e. The summed E-state index contributed by atoms with van der Waals surface area (Å²) < 4.78 is 5.49. The zero-order valence-electron chi connectivity index (χ0n) is 19.9. The average molecular weight is 516 g/mol. The summed E-state index contributed by atoms with van der Waals surface area (Å²) >= 11 is 7.34. The second kappa shape index (κ2) is 14.9. The topological polar surface area (TPSA) is 98.7 Å². The number of ether oxygens (including phenoxy) is 1. The molecule has 0 atom stereocenters. The fraction of sp³-hybridized carbons (Fsp3) is 0.269. The molecule has 0 unspecified atom stereocenters. The number of carbonyl (C=O) groups is 1. The van der Waals surface area contributed by atoms with Crippen LogP contribution in [-0.4, -0.2) is 28.2 Å². The van der Waals surface area contributed by atoms with Gasteiger partial charge in [0, 0.05) is 24.9 Å². The van der Waals surface area contributed by atoms with Gasteiger partial charge in [-0.15, -0.1) is 0 Å². The Bertz CT molecular complexity index is 1080. The SMILES string of the molecule is CCCN(CCC)C(=O)SCc1ccccc1.Nc1c([N+](=O)[O-])ccc(Oc2ccccc2)c1Cl. The third-order valence-electron chi connectivity index (χ3n) is 4.74. The van der Waals surface area contributed by atoms with Crippen molar-refractivity contribution < 1.29 is 14.5 Å². The van der Waals surface area contributed by atoms with Crippen molar-refractivity contribution in [1.29, 1.82) is 0 Å². The maximum Gasteiger partial charge on any atom is 0.293 e. The summed E-state index contributed by atoms with van der Waals surface area (Å²) in [5.74, 6) is 1.63. The van der Waals surface area contributed by atoms with E-state index in [0.29, 0.717) is 5.75 Å². The molecule has 0 aromatic heterocycles. The molecule has 0 heterocycles. The Morgan fingerprint density at radius 1 is 1.00 bits per heavy atom. The molecule has 3 rings (SSSR count). The molecule has 1 amide bonds. The smallest absolute Gasteiger partial charge is 0.293 e. The van der Waals surface area contributed by atoms with Crippen LogP contribution in [0.2, 0.25) is 5.02 Å². The number of amides is 1. The zero-order valence-corrected chi connectivity index (χ0v) is 21.4. The van der Waals surface area contributed by atoms with E-state index in [4.69, 9.17) is 22.1 Å². The maximum atomic E-state index is 12.0. The van der Waals surface area contributed by atoms with Gasteiger partial charge in [-0.1, -0.05) is 85.7 Å². The van der Waals surface area contributed by atoms with Gasteiger partial charge in [0.15, 0.2) is 0 Å². The highest BCUT2D eigenvalue weighted by molar-refractivity contribution is 8.12. The summed E-state index contributed by atoms with van der Waals surface area (Å²) in [4.78, 5) is 24.0. The lowest BCUT2D eigenvalue weighted by Gasteiger charge is -2.20. The number of nitro benzene ring substituents is 1. The molecule has 0 saturated heterocycles. The molecule has 3 aromatic carbocycles. The normalized spacial score (nSPS) is 10.1. The lowest BCUT2D eigenvalue weighted by atomic mass is 10.2. The third kappa shape index (κ3) is 9.15. The number of anilines is 1. The van der Waals surface area contributed by atoms with Crippen molar-refractivity contribution in [3.63, 3.8) is 0 Å². The fourth-order valence-corrected chi connectivity index (χ4v) is 4.11. The number of hydrogen-bond acceptors (Lipinski definition) is 6. The van der Waals surface area contributed by atoms with Crippen molar-refractivity contribution in [1.82, 2.24) is 4.90 Å². The lowest BCUT2D eigenvalue weighted by Crippen LogP contribution is -2.29. The van der Waals surface area contributed by atoms with E-state index in [2.05, 4.69) is 26.0 Å². The van der Waals surface area contributed by atoms with E-state index in [1.165, 1.54) is 29.5 Å². The molecular weight excluding hydrogens is 486 g/mol. The van der Waals surface area contributed by atoms with Crippen molar-refractivity contribution in [2.75, 3.05) is 18.8 Å². The first-order valence-electron chi connectivity index (χ1n) is 11.3. The molecule has 0 aliphatic rings. The molecule has 0 fully saturated rings. The number of carbonyl (C=O) groups excluding carboxylic acids is 1. The quantitative estimate of drug-likeness (QED) is 0.177. The highest BCUT2D eigenvalue weighted by Gasteiger charge is 2.18. The Labute approximate surface area is 215 Å². The van der Waals surface area contributed by atoms with E-state index < -0.39 is 4.92 Å². The number of para-hydroxylation sites is 1. The second-order valence-corrected chi connectivity index (χ2v) is 8.81. The third-order valence-corrected chi connectivity index (χ3v) is 6.11. The van der Waals surface area contributed by atoms with Gasteiger partial charge in [0.05, 0.1) is 4.92 Å². The van der Waals surface area contributed by atoms with Crippen LogP contribution in [0.15, 0.2) is 72.8 Å². The van der Waals surface area contributed by atoms with Gasteiger partial charge >= 0.3 is 0 Å². The molecular formula is C26H30ClN3O4S. The van der Waals surface area contributed by atoms with Crippen LogP contribution in [0.4, 0.5) is 16.2 Å². The Balaban J connectivity index is 0.000000247. The highest BCUT2D eigenvalue weighted by atomic mass is 35.5. The summed E-state index contributed by atoms with van der Waals surface area (Å²) in [6, 6.07) is 21.8. The molecule has 2 N–H and O–H groups in total. The monoisotopic (exact) mass is 515 g/mol. The van der Waals surface area contributed by atoms with Crippen molar-refractivity contribution >= 4 is 40.0 Å². The molecule has 3 aromatic rings. The van der Waals surface area contributed by atoms with Gasteiger partial charge in [-0.25, -0.2) is 0 Å². The van der Waals surface area contributed by atoms with Crippen LogP contribution in [0, 0.1) is 10.1 Å². The number of nitro groups is 1. The molecule has 0 radical (unpaired) electrons. The molecule has 7 nitrogen and oxygen atoms in total. The number of rotatable bonds is 9. The molecule has 0 saturated carbocycles. The second-order valence-electron chi connectivity index (χ2n) is 7.51. The van der Waals surface area contributed by atoms with Crippen LogP contribution in [0.5, 0.6) is 11.5 Å². The van der Waals surface area contributed by atoms with Crippen molar-refractivity contribution in [2.24, 2.45) is 0 Å². The van der Waals surface area contributed by atoms with Gasteiger partial charge in [0.2, 0.25) is 0 Å². The fourth-order valence-electron chi connectivity index (χ4n) is 3.06. The largest absolute Gasteiger partial charge is 0.456 e. The number of nitrogen functional groups attached to an aromatic ring is 1. The van der Waals surface area contributed by atoms with Crippen LogP contribution in [0.3, 0.4) is 0 Å². The maximum absolute atomic E-state index is 12.0. The molecule has 0 aliphatic heterocycles. The van der Waals surface area contributed by atoms with Crippen molar-refractivity contribution in [2.45, 2.75) is 32.4 Å². The summed E-state index contributed by atoms with van der Waals surface area (Å²) in [7, 11) is 0. The van der Waals surface area contributed by atoms with Crippen LogP contribution < -0.4 is 10.5 Å². The first-order valence-corrected chi connectivity index (χ1v) is 12.6. The minimum atomic E-state index is -0.590. The predicted molar refractivity (Wildman–Crippen MR) is 144 cm³/mol. The van der Waals surface area contributed by atoms with E-state index in [1.807, 2.05) is 29.2 Å². The Kier molecular flexibility index (Phi) is 11.9. The van der Waals surface area contributed by atoms with E-state index in [9.17, 15) is 14.9 Å². The van der Waals surface area contributed by atoms with E-state index in [1.54, 1.807) is 24.3 Å². The number of hydrogen-bond donors (Lipinski definition) is 1. The molecule has 0 spiro atoms. The Hall–Kier alpha value is -3.23. The molecule has 35 heavy (non-hydrogen) atoms. The summed E-state index contributed by atoms with van der Waals surface area (Å²) in [5, 5.41) is 10.9. The number of benzene rings is 3. The molecule has 9 heteroatoms. The number of thioether (sulfide) groups is 1. The van der Waals surface area contributed by atoms with Crippen LogP contribution in [0.1, 0.15) is 32.3 Å². The summed E-state index contributed by atoms with van der Waals surface area (Å²) in [6.07, 6.45) is 2.05. The summed E-state index contributed by atoms with van der Waals surface area (Å²) in [6.45, 7) is 5.96. The Morgan fingerprint density at radius 3 is 2.11 bits per heavy atom. The minimum absolute atomic E-state index is 0.0352. The first kappa shape index (κ1) is 28.0. The van der Waals surface area contributed by atoms with Gasteiger partial charge in [0.1, 0.15) is 22.2 Å². The van der Waals surface area contributed by atoms with Crippen LogP contribution in [-0.2, 0) is 5.75 Å². The standard InChI is InChI=1S/C14H21NOS.C12H9ClN2O3/c1-3-10-15(11-4-2)14(16)17-12-13-8-6-5-7-9-13;13-11-10(18-8-4-2-1-3-5-8)7-6-9(12(11)14)15(16)17/h5-9H,3-4,10-12H2,1-2H3;1-7H,14H2. The van der Waals surface area contributed by atoms with Crippen LogP contribution >= 0.6 is 23.4 Å². The first-order chi connectivity index (χ1) is 16.9. The lowest BCUT2D eigenvalue weighted by molar-refractivity contribution is -0.383. The van der Waals surface area contributed by atoms with Gasteiger partial charge in [-0.3, -0.25) is 14.9 Å². The number of halogens is 1. The number of nitrogens with zero attached hydrogens (tertiary/aromatic N) is 2. The van der Waals surface area contributed by atoms with Crippen molar-refractivity contribution in [3.8, 4) is 11.5 Å². The van der Waals surface area contributed by atoms with Gasteiger partial charge < -0.3 is 15.4 Å². The van der Waals surface area contributed by atoms with Gasteiger partial charge in [-0.05, 0) is 36.6 Å². The molecule has 0 aliphatic carbocycles. The van der Waals surface area contributed by atoms with Crippen LogP contribution in [0.25, 0.3) is 0 Å². The molecule has 186 valence electrons. The number of nitrogens with two attached hydrogens (primary N) is 1. The molecule has 0 bridgehead atoms. The zero-order chi connectivity index (χ0) is 25.6. The predicted octanol–water partition coefficient (Wildman–Crippen LogP) is 7.78. The van der Waals surface area contributed by atoms with Gasteiger partial charge in [0.25, 0.3) is 10.9 Å². The highest BCUT2D eigenvalue weighted by Crippen LogP contribution is 2.38. The summed E-state index contributed by atoms with van der Waals surface area (Å²) in [5.41, 5.74) is 6.45. The Morgan fingerprint density at radius 2 is 1.57 bits per heavy atom. The van der Waals surface area contributed by atoms with Gasteiger partial charge in [-0.2, -0.15) is 0 Å². The van der Waals surface area contributed by atoms with E-state index in [0.717, 1.165) is 31.7 Å². The van der Waals surface area contributed by atoms with Crippen molar-refractivity contribution in [3.05, 3.63) is 93.5 Å². The van der Waals surface area contributed by atoms with E-state index in [-0.39, 0.29) is 27.4 Å². The average Bonchev–Trinajstić information content (AvgIpc) is 2.87.